The Morgan fingerprint density at radius 1 is 1.18 bits per heavy atom. The lowest BCUT2D eigenvalue weighted by molar-refractivity contribution is -0.274. The molecule has 2 aromatic rings. The summed E-state index contributed by atoms with van der Waals surface area (Å²) in [4.78, 5) is 5.00. The van der Waals surface area contributed by atoms with Gasteiger partial charge in [-0.25, -0.2) is 4.98 Å². The molecule has 0 radical (unpaired) electrons. The zero-order chi connectivity index (χ0) is 12.5. The van der Waals surface area contributed by atoms with E-state index in [-0.39, 0.29) is 5.75 Å². The van der Waals surface area contributed by atoms with Crippen LogP contribution in [0.15, 0.2) is 30.5 Å². The second-order valence-corrected chi connectivity index (χ2v) is 4.55. The molecule has 0 fully saturated rings. The van der Waals surface area contributed by atoms with Gasteiger partial charge in [0.1, 0.15) is 5.75 Å². The first-order valence-electron chi connectivity index (χ1n) is 4.73. The molecule has 0 spiro atoms. The fraction of sp³-hybridized carbons (Fsp3) is 0.182. The molecule has 2 nitrogen and oxygen atoms in total. The standard InChI is InChI=1S/C11H8F3NOS/c1-7-15-6-10(17-7)8-2-4-9(5-3-8)16-11(12,13)14/h2-6H,1H3. The normalized spacial score (nSPS) is 11.5. The predicted molar refractivity (Wildman–Crippen MR) is 59.0 cm³/mol. The Morgan fingerprint density at radius 3 is 2.29 bits per heavy atom. The average Bonchev–Trinajstić information content (AvgIpc) is 2.63. The van der Waals surface area contributed by atoms with Crippen molar-refractivity contribution in [2.45, 2.75) is 13.3 Å². The van der Waals surface area contributed by atoms with Crippen LogP contribution in [-0.2, 0) is 0 Å². The Morgan fingerprint density at radius 2 is 1.82 bits per heavy atom. The number of alkyl halides is 3. The zero-order valence-electron chi connectivity index (χ0n) is 8.78. The molecule has 0 aliphatic rings. The van der Waals surface area contributed by atoms with Crippen LogP contribution in [0.2, 0.25) is 0 Å². The minimum atomic E-state index is -4.65. The predicted octanol–water partition coefficient (Wildman–Crippen LogP) is 4.02. The molecule has 0 saturated carbocycles. The second-order valence-electron chi connectivity index (χ2n) is 3.32. The van der Waals surface area contributed by atoms with Gasteiger partial charge in [-0.3, -0.25) is 0 Å². The third kappa shape index (κ3) is 3.20. The molecule has 0 atom stereocenters. The molecule has 0 aliphatic carbocycles. The van der Waals surface area contributed by atoms with Gasteiger partial charge in [0.25, 0.3) is 0 Å². The minimum absolute atomic E-state index is 0.220. The van der Waals surface area contributed by atoms with E-state index in [1.54, 1.807) is 18.3 Å². The third-order valence-electron chi connectivity index (χ3n) is 1.99. The first-order valence-corrected chi connectivity index (χ1v) is 5.54. The van der Waals surface area contributed by atoms with E-state index in [0.29, 0.717) is 0 Å². The van der Waals surface area contributed by atoms with Crippen molar-refractivity contribution in [3.05, 3.63) is 35.5 Å². The van der Waals surface area contributed by atoms with Crippen LogP contribution in [0.4, 0.5) is 13.2 Å². The molecule has 0 aliphatic heterocycles. The summed E-state index contributed by atoms with van der Waals surface area (Å²) in [6.45, 7) is 1.87. The molecule has 1 aromatic carbocycles. The van der Waals surface area contributed by atoms with Gasteiger partial charge < -0.3 is 4.74 Å². The first kappa shape index (κ1) is 11.9. The highest BCUT2D eigenvalue weighted by Gasteiger charge is 2.30. The number of hydrogen-bond acceptors (Lipinski definition) is 3. The van der Waals surface area contributed by atoms with Crippen molar-refractivity contribution in [2.75, 3.05) is 0 Å². The van der Waals surface area contributed by atoms with E-state index < -0.39 is 6.36 Å². The highest BCUT2D eigenvalue weighted by molar-refractivity contribution is 7.15. The van der Waals surface area contributed by atoms with Crippen LogP contribution < -0.4 is 4.74 Å². The van der Waals surface area contributed by atoms with Gasteiger partial charge in [-0.1, -0.05) is 0 Å². The maximum absolute atomic E-state index is 11.9. The number of nitrogens with zero attached hydrogens (tertiary/aromatic N) is 1. The van der Waals surface area contributed by atoms with Gasteiger partial charge in [-0.2, -0.15) is 0 Å². The second kappa shape index (κ2) is 4.37. The summed E-state index contributed by atoms with van der Waals surface area (Å²) in [7, 11) is 0. The van der Waals surface area contributed by atoms with Crippen LogP contribution in [-0.4, -0.2) is 11.3 Å². The Bertz CT molecular complexity index is 504. The monoisotopic (exact) mass is 259 g/mol. The average molecular weight is 259 g/mol. The van der Waals surface area contributed by atoms with Gasteiger partial charge in [0.15, 0.2) is 0 Å². The van der Waals surface area contributed by atoms with Crippen molar-refractivity contribution in [3.63, 3.8) is 0 Å². The smallest absolute Gasteiger partial charge is 0.406 e. The molecule has 1 heterocycles. The molecule has 17 heavy (non-hydrogen) atoms. The summed E-state index contributed by atoms with van der Waals surface area (Å²) in [6, 6.07) is 5.73. The molecule has 0 saturated heterocycles. The lowest BCUT2D eigenvalue weighted by Crippen LogP contribution is -2.16. The van der Waals surface area contributed by atoms with E-state index in [1.807, 2.05) is 6.92 Å². The van der Waals surface area contributed by atoms with Gasteiger partial charge in [0.2, 0.25) is 0 Å². The molecule has 6 heteroatoms. The highest BCUT2D eigenvalue weighted by atomic mass is 32.1. The van der Waals surface area contributed by atoms with Gasteiger partial charge in [0.05, 0.1) is 9.88 Å². The Kier molecular flexibility index (Phi) is 3.06. The summed E-state index contributed by atoms with van der Waals surface area (Å²) < 4.78 is 39.6. The lowest BCUT2D eigenvalue weighted by Gasteiger charge is -2.08. The van der Waals surface area contributed by atoms with Crippen molar-refractivity contribution < 1.29 is 17.9 Å². The van der Waals surface area contributed by atoms with E-state index in [4.69, 9.17) is 0 Å². The minimum Gasteiger partial charge on any atom is -0.406 e. The molecule has 90 valence electrons. The van der Waals surface area contributed by atoms with E-state index in [2.05, 4.69) is 9.72 Å². The van der Waals surface area contributed by atoms with Gasteiger partial charge >= 0.3 is 6.36 Å². The number of rotatable bonds is 2. The molecule has 0 amide bonds. The maximum atomic E-state index is 11.9. The number of hydrogen-bond donors (Lipinski definition) is 0. The van der Waals surface area contributed by atoms with E-state index in [0.717, 1.165) is 15.4 Å². The highest BCUT2D eigenvalue weighted by Crippen LogP contribution is 2.29. The van der Waals surface area contributed by atoms with Gasteiger partial charge in [0, 0.05) is 6.20 Å². The Balaban J connectivity index is 2.19. The van der Waals surface area contributed by atoms with Crippen LogP contribution in [0, 0.1) is 6.92 Å². The molecular weight excluding hydrogens is 251 g/mol. The number of aromatic nitrogens is 1. The Labute approximate surface area is 99.7 Å². The molecule has 2 rings (SSSR count). The number of ether oxygens (including phenoxy) is 1. The summed E-state index contributed by atoms with van der Waals surface area (Å²) in [5, 5.41) is 0.913. The number of benzene rings is 1. The fourth-order valence-electron chi connectivity index (χ4n) is 1.32. The third-order valence-corrected chi connectivity index (χ3v) is 2.96. The molecule has 0 N–H and O–H groups in total. The molecule has 0 unspecified atom stereocenters. The van der Waals surface area contributed by atoms with E-state index >= 15 is 0 Å². The summed E-state index contributed by atoms with van der Waals surface area (Å²) >= 11 is 1.49. The van der Waals surface area contributed by atoms with Crippen molar-refractivity contribution in [3.8, 4) is 16.2 Å². The topological polar surface area (TPSA) is 22.1 Å². The number of halogens is 3. The molecular formula is C11H8F3NOS. The van der Waals surface area contributed by atoms with E-state index in [1.165, 1.54) is 23.5 Å². The molecule has 1 aromatic heterocycles. The van der Waals surface area contributed by atoms with Crippen molar-refractivity contribution in [1.82, 2.24) is 4.98 Å². The van der Waals surface area contributed by atoms with Crippen LogP contribution in [0.5, 0.6) is 5.75 Å². The first-order chi connectivity index (χ1) is 7.94. The van der Waals surface area contributed by atoms with Gasteiger partial charge in [-0.15, -0.1) is 24.5 Å². The van der Waals surface area contributed by atoms with Crippen molar-refractivity contribution in [2.24, 2.45) is 0 Å². The summed E-state index contributed by atoms with van der Waals surface area (Å²) in [6.07, 6.45) is -2.96. The lowest BCUT2D eigenvalue weighted by atomic mass is 10.2. The zero-order valence-corrected chi connectivity index (χ0v) is 9.60. The van der Waals surface area contributed by atoms with Crippen molar-refractivity contribution >= 4 is 11.3 Å². The van der Waals surface area contributed by atoms with E-state index in [9.17, 15) is 13.2 Å². The van der Waals surface area contributed by atoms with Gasteiger partial charge in [-0.05, 0) is 36.8 Å². The van der Waals surface area contributed by atoms with Crippen LogP contribution in [0.25, 0.3) is 10.4 Å². The largest absolute Gasteiger partial charge is 0.573 e. The van der Waals surface area contributed by atoms with Crippen LogP contribution in [0.1, 0.15) is 5.01 Å². The van der Waals surface area contributed by atoms with Crippen LogP contribution >= 0.6 is 11.3 Å². The van der Waals surface area contributed by atoms with Crippen molar-refractivity contribution in [1.29, 1.82) is 0 Å². The Hall–Kier alpha value is -1.56. The number of thiazole rings is 1. The number of aryl methyl sites for hydroxylation is 1. The molecule has 0 bridgehead atoms. The maximum Gasteiger partial charge on any atom is 0.573 e. The SMILES string of the molecule is Cc1ncc(-c2ccc(OC(F)(F)F)cc2)s1. The van der Waals surface area contributed by atoms with Crippen LogP contribution in [0.3, 0.4) is 0 Å². The fourth-order valence-corrected chi connectivity index (χ4v) is 2.10. The summed E-state index contributed by atoms with van der Waals surface area (Å²) in [5.74, 6) is -0.220. The summed E-state index contributed by atoms with van der Waals surface area (Å²) in [5.41, 5.74) is 0.824. The quantitative estimate of drug-likeness (QED) is 0.812.